The van der Waals surface area contributed by atoms with Gasteiger partial charge in [0.05, 0.1) is 25.3 Å². The quantitative estimate of drug-likeness (QED) is 0.333. The summed E-state index contributed by atoms with van der Waals surface area (Å²) in [6, 6.07) is 6.39. The van der Waals surface area contributed by atoms with Crippen molar-refractivity contribution in [2.75, 3.05) is 69.6 Å². The molecule has 5 N–H and O–H groups in total. The van der Waals surface area contributed by atoms with Crippen LogP contribution in [-0.2, 0) is 19.2 Å². The van der Waals surface area contributed by atoms with Gasteiger partial charge in [-0.05, 0) is 45.0 Å². The monoisotopic (exact) mass is 536 g/mol. The van der Waals surface area contributed by atoms with E-state index in [1.807, 2.05) is 20.8 Å². The number of rotatable bonds is 8. The summed E-state index contributed by atoms with van der Waals surface area (Å²) in [5.41, 5.74) is 6.16. The summed E-state index contributed by atoms with van der Waals surface area (Å²) >= 11 is 0. The first-order chi connectivity index (χ1) is 17.7. The number of anilines is 2. The fourth-order valence-electron chi connectivity index (χ4n) is 4.72. The summed E-state index contributed by atoms with van der Waals surface area (Å²) in [6.45, 7) is 7.80. The van der Waals surface area contributed by atoms with Gasteiger partial charge in [-0.25, -0.2) is 10.0 Å². The van der Waals surface area contributed by atoms with Crippen molar-refractivity contribution in [2.45, 2.75) is 39.3 Å². The lowest BCUT2D eigenvalue weighted by Crippen LogP contribution is -2.62. The number of nitrogens with two attached hydrogens (primary N) is 1. The third-order valence-electron chi connectivity index (χ3n) is 7.13. The average Bonchev–Trinajstić information content (AvgIpc) is 2.80. The minimum atomic E-state index is -1.03. The number of hydrogen-bond acceptors (Lipinski definition) is 9. The molecule has 1 amide bonds. The van der Waals surface area contributed by atoms with Gasteiger partial charge in [-0.3, -0.25) is 33.9 Å². The number of hydrazine groups is 1. The second kappa shape index (κ2) is 13.5. The minimum absolute atomic E-state index is 0.250. The zero-order valence-electron chi connectivity index (χ0n) is 22.5. The van der Waals surface area contributed by atoms with E-state index < -0.39 is 29.5 Å². The van der Waals surface area contributed by atoms with Crippen molar-refractivity contribution in [2.24, 2.45) is 0 Å². The molecule has 0 aromatic heterocycles. The normalized spacial score (nSPS) is 20.7. The van der Waals surface area contributed by atoms with Gasteiger partial charge in [-0.15, -0.1) is 0 Å². The van der Waals surface area contributed by atoms with Crippen molar-refractivity contribution in [1.82, 2.24) is 19.7 Å². The number of benzene rings is 1. The molecule has 0 bridgehead atoms. The van der Waals surface area contributed by atoms with Crippen LogP contribution in [0.3, 0.4) is 0 Å². The summed E-state index contributed by atoms with van der Waals surface area (Å²) in [5, 5.41) is 32.0. The molecule has 1 saturated heterocycles. The number of carbonyl (C=O) groups excluding carboxylic acids is 1. The number of carboxylic acid groups (broad SMARTS) is 3. The number of carbonyl (C=O) groups is 4. The van der Waals surface area contributed by atoms with Gasteiger partial charge in [0.2, 0.25) is 5.91 Å². The highest BCUT2D eigenvalue weighted by Crippen LogP contribution is 2.25. The van der Waals surface area contributed by atoms with E-state index in [2.05, 4.69) is 0 Å². The highest BCUT2D eigenvalue weighted by atomic mass is 16.4. The van der Waals surface area contributed by atoms with Crippen LogP contribution in [0.5, 0.6) is 0 Å². The number of nitrogen functional groups attached to an aromatic ring is 1. The molecule has 0 saturated carbocycles. The van der Waals surface area contributed by atoms with E-state index in [9.17, 15) is 34.5 Å². The van der Waals surface area contributed by atoms with Crippen molar-refractivity contribution >= 4 is 35.2 Å². The van der Waals surface area contributed by atoms with Crippen LogP contribution >= 0.6 is 0 Å². The molecule has 1 fully saturated rings. The molecule has 1 aromatic carbocycles. The van der Waals surface area contributed by atoms with E-state index in [0.29, 0.717) is 11.4 Å². The predicted octanol–water partition coefficient (Wildman–Crippen LogP) is 0.179. The smallest absolute Gasteiger partial charge is 0.317 e. The Labute approximate surface area is 222 Å². The zero-order chi connectivity index (χ0) is 28.6. The number of amides is 1. The second-order valence-corrected chi connectivity index (χ2v) is 10.1. The van der Waals surface area contributed by atoms with Gasteiger partial charge in [0.15, 0.2) is 0 Å². The third-order valence-corrected chi connectivity index (χ3v) is 7.13. The van der Waals surface area contributed by atoms with Crippen LogP contribution in [0.2, 0.25) is 0 Å². The van der Waals surface area contributed by atoms with Crippen molar-refractivity contribution in [3.63, 3.8) is 0 Å². The van der Waals surface area contributed by atoms with Crippen molar-refractivity contribution < 1.29 is 34.5 Å². The first-order valence-corrected chi connectivity index (χ1v) is 12.5. The number of nitrogens with zero attached hydrogens (tertiary/aromatic N) is 5. The Hall–Kier alpha value is -3.26. The molecule has 1 aromatic rings. The van der Waals surface area contributed by atoms with E-state index in [0.717, 1.165) is 0 Å². The number of aliphatic carboxylic acids is 3. The Morgan fingerprint density at radius 2 is 1.39 bits per heavy atom. The maximum absolute atomic E-state index is 12.8. The molecule has 1 atom stereocenters. The van der Waals surface area contributed by atoms with E-state index in [4.69, 9.17) is 5.73 Å². The van der Waals surface area contributed by atoms with E-state index in [1.54, 1.807) is 44.0 Å². The average molecular weight is 537 g/mol. The van der Waals surface area contributed by atoms with Crippen LogP contribution < -0.4 is 10.7 Å². The molecule has 1 aliphatic rings. The van der Waals surface area contributed by atoms with E-state index >= 15 is 0 Å². The van der Waals surface area contributed by atoms with Gasteiger partial charge in [-0.2, -0.15) is 0 Å². The standard InChI is InChI=1S/C25H40N6O7/c1-18-25(3,4)29(17-24(37)38)12-14-30(31(19(2)32)21-7-5-20(26)6-8-21)13-10-27(15-22(33)34)9-11-28(18)16-23(35)36/h5-8,18H,9-17,26H2,1-4H3,(H,33,34)(H,35,36)(H,37,38). The van der Waals surface area contributed by atoms with Gasteiger partial charge < -0.3 is 21.1 Å². The van der Waals surface area contributed by atoms with Crippen LogP contribution in [0.4, 0.5) is 11.4 Å². The SMILES string of the molecule is CC(=O)N(c1ccc(N)cc1)N1CCN(CC(=O)O)CCN(CC(=O)O)C(C)C(C)(C)N(CC(=O)O)CC1. The molecule has 13 nitrogen and oxygen atoms in total. The molecule has 1 unspecified atom stereocenters. The summed E-state index contributed by atoms with van der Waals surface area (Å²) in [4.78, 5) is 53.1. The highest BCUT2D eigenvalue weighted by molar-refractivity contribution is 5.90. The van der Waals surface area contributed by atoms with Crippen molar-refractivity contribution in [1.29, 1.82) is 0 Å². The fraction of sp³-hybridized carbons (Fsp3) is 0.600. The van der Waals surface area contributed by atoms with Crippen LogP contribution in [0.25, 0.3) is 0 Å². The minimum Gasteiger partial charge on any atom is -0.480 e. The van der Waals surface area contributed by atoms with E-state index in [1.165, 1.54) is 11.9 Å². The topological polar surface area (TPSA) is 171 Å². The Bertz CT molecular complexity index is 987. The van der Waals surface area contributed by atoms with Crippen LogP contribution in [0, 0.1) is 0 Å². The molecule has 0 spiro atoms. The van der Waals surface area contributed by atoms with Crippen LogP contribution in [0.1, 0.15) is 27.7 Å². The van der Waals surface area contributed by atoms with Crippen molar-refractivity contribution in [3.8, 4) is 0 Å². The molecule has 2 rings (SSSR count). The lowest BCUT2D eigenvalue weighted by Gasteiger charge is -2.48. The van der Waals surface area contributed by atoms with Crippen LogP contribution in [-0.4, -0.2) is 129 Å². The molecule has 0 radical (unpaired) electrons. The van der Waals surface area contributed by atoms with Gasteiger partial charge in [0, 0.05) is 63.5 Å². The van der Waals surface area contributed by atoms with Crippen LogP contribution in [0.15, 0.2) is 24.3 Å². The van der Waals surface area contributed by atoms with Gasteiger partial charge in [0.25, 0.3) is 0 Å². The number of hydrogen-bond donors (Lipinski definition) is 4. The largest absolute Gasteiger partial charge is 0.480 e. The summed E-state index contributed by atoms with van der Waals surface area (Å²) in [7, 11) is 0. The molecule has 0 aliphatic carbocycles. The summed E-state index contributed by atoms with van der Waals surface area (Å²) in [6.07, 6.45) is 0. The Morgan fingerprint density at radius 3 is 1.92 bits per heavy atom. The Morgan fingerprint density at radius 1 is 0.868 bits per heavy atom. The first kappa shape index (κ1) is 31.0. The molecular weight excluding hydrogens is 496 g/mol. The van der Waals surface area contributed by atoms with Gasteiger partial charge in [-0.1, -0.05) is 0 Å². The molecule has 1 aliphatic heterocycles. The first-order valence-electron chi connectivity index (χ1n) is 12.5. The molecular formula is C25H40N6O7. The summed E-state index contributed by atoms with van der Waals surface area (Å²) in [5.74, 6) is -3.34. The molecule has 212 valence electrons. The Balaban J connectivity index is 2.51. The second-order valence-electron chi connectivity index (χ2n) is 10.1. The molecule has 13 heteroatoms. The number of carboxylic acids is 3. The highest BCUT2D eigenvalue weighted by Gasteiger charge is 2.38. The summed E-state index contributed by atoms with van der Waals surface area (Å²) < 4.78 is 0. The maximum Gasteiger partial charge on any atom is 0.317 e. The maximum atomic E-state index is 12.8. The van der Waals surface area contributed by atoms with E-state index in [-0.39, 0.29) is 64.8 Å². The Kier molecular flexibility index (Phi) is 11.0. The van der Waals surface area contributed by atoms with Gasteiger partial charge in [0.1, 0.15) is 0 Å². The molecule has 1 heterocycles. The molecule has 38 heavy (non-hydrogen) atoms. The predicted molar refractivity (Wildman–Crippen MR) is 142 cm³/mol. The van der Waals surface area contributed by atoms with Gasteiger partial charge >= 0.3 is 17.9 Å². The fourth-order valence-corrected chi connectivity index (χ4v) is 4.72. The van der Waals surface area contributed by atoms with Crippen molar-refractivity contribution in [3.05, 3.63) is 24.3 Å². The lowest BCUT2D eigenvalue weighted by atomic mass is 9.91. The lowest BCUT2D eigenvalue weighted by molar-refractivity contribution is -0.144. The zero-order valence-corrected chi connectivity index (χ0v) is 22.5. The third kappa shape index (κ3) is 8.65.